The molecule has 0 aliphatic rings. The average molecular weight is 251 g/mol. The molecule has 0 aliphatic carbocycles. The highest BCUT2D eigenvalue weighted by Gasteiger charge is 2.11. The Morgan fingerprint density at radius 3 is 2.67 bits per heavy atom. The van der Waals surface area contributed by atoms with Gasteiger partial charge in [0, 0.05) is 12.1 Å². The summed E-state index contributed by atoms with van der Waals surface area (Å²) >= 11 is 0. The smallest absolute Gasteiger partial charge is 0.332 e. The maximum absolute atomic E-state index is 11.8. The largest absolute Gasteiger partial charge is 0.479 e. The molecule has 5 heteroatoms. The lowest BCUT2D eigenvalue weighted by atomic mass is 10.1. The van der Waals surface area contributed by atoms with Crippen LogP contribution in [0.4, 0.5) is 0 Å². The number of hydrogen-bond acceptors (Lipinski definition) is 3. The lowest BCUT2D eigenvalue weighted by molar-refractivity contribution is -0.148. The monoisotopic (exact) mass is 251 g/mol. The molecule has 1 amide bonds. The minimum Gasteiger partial charge on any atom is -0.479 e. The number of aryl methyl sites for hydroxylation is 1. The first-order chi connectivity index (χ1) is 8.52. The number of nitrogens with one attached hydrogen (secondary N) is 1. The van der Waals surface area contributed by atoms with E-state index < -0.39 is 12.1 Å². The summed E-state index contributed by atoms with van der Waals surface area (Å²) in [6, 6.07) is 7.26. The molecular formula is C13H17NO4. The van der Waals surface area contributed by atoms with E-state index in [-0.39, 0.29) is 19.1 Å². The zero-order valence-corrected chi connectivity index (χ0v) is 10.5. The van der Waals surface area contributed by atoms with Crippen LogP contribution in [0.3, 0.4) is 0 Å². The summed E-state index contributed by atoms with van der Waals surface area (Å²) < 4.78 is 5.01. The summed E-state index contributed by atoms with van der Waals surface area (Å²) in [5.41, 5.74) is 1.51. The van der Waals surface area contributed by atoms with Gasteiger partial charge >= 0.3 is 5.97 Å². The fraction of sp³-hybridized carbons (Fsp3) is 0.385. The molecule has 0 aliphatic heterocycles. The van der Waals surface area contributed by atoms with Gasteiger partial charge in [-0.05, 0) is 25.5 Å². The van der Waals surface area contributed by atoms with E-state index in [4.69, 9.17) is 9.84 Å². The predicted octanol–water partition coefficient (Wildman–Crippen LogP) is 1.21. The number of carboxylic acid groups (broad SMARTS) is 1. The normalized spacial score (nSPS) is 11.9. The van der Waals surface area contributed by atoms with Crippen LogP contribution in [0.2, 0.25) is 0 Å². The molecule has 98 valence electrons. The van der Waals surface area contributed by atoms with Gasteiger partial charge in [0.25, 0.3) is 5.91 Å². The van der Waals surface area contributed by atoms with Gasteiger partial charge in [0.2, 0.25) is 0 Å². The molecule has 0 saturated heterocycles. The van der Waals surface area contributed by atoms with E-state index in [1.54, 1.807) is 12.1 Å². The summed E-state index contributed by atoms with van der Waals surface area (Å²) in [6.45, 7) is 3.76. The summed E-state index contributed by atoms with van der Waals surface area (Å²) in [6.07, 6.45) is -0.861. The molecule has 0 bridgehead atoms. The van der Waals surface area contributed by atoms with Gasteiger partial charge in [-0.25, -0.2) is 4.79 Å². The summed E-state index contributed by atoms with van der Waals surface area (Å²) in [5, 5.41) is 11.3. The van der Waals surface area contributed by atoms with Crippen LogP contribution in [0, 0.1) is 6.92 Å². The molecular weight excluding hydrogens is 234 g/mol. The van der Waals surface area contributed by atoms with Gasteiger partial charge in [0.15, 0.2) is 6.10 Å². The maximum Gasteiger partial charge on any atom is 0.332 e. The molecule has 18 heavy (non-hydrogen) atoms. The van der Waals surface area contributed by atoms with Crippen molar-refractivity contribution in [1.82, 2.24) is 5.32 Å². The third kappa shape index (κ3) is 4.18. The molecule has 0 fully saturated rings. The van der Waals surface area contributed by atoms with Gasteiger partial charge < -0.3 is 15.2 Å². The Kier molecular flexibility index (Phi) is 5.32. The number of hydrogen-bond donors (Lipinski definition) is 2. The molecule has 2 N–H and O–H groups in total. The van der Waals surface area contributed by atoms with Crippen molar-refractivity contribution in [2.45, 2.75) is 20.0 Å². The number of benzene rings is 1. The van der Waals surface area contributed by atoms with Crippen LogP contribution in [0.1, 0.15) is 22.8 Å². The summed E-state index contributed by atoms with van der Waals surface area (Å²) in [5.74, 6) is -1.19. The van der Waals surface area contributed by atoms with Crippen molar-refractivity contribution in [3.05, 3.63) is 35.4 Å². The van der Waals surface area contributed by atoms with Gasteiger partial charge in [-0.1, -0.05) is 18.2 Å². The van der Waals surface area contributed by atoms with Crippen LogP contribution < -0.4 is 5.32 Å². The number of rotatable bonds is 6. The number of aliphatic carboxylic acids is 1. The molecule has 1 unspecified atom stereocenters. The summed E-state index contributed by atoms with van der Waals surface area (Å²) in [7, 11) is 0. The molecule has 0 radical (unpaired) electrons. The second-order valence-corrected chi connectivity index (χ2v) is 3.92. The molecule has 1 rings (SSSR count). The molecule has 0 saturated carbocycles. The highest BCUT2D eigenvalue weighted by atomic mass is 16.5. The standard InChI is InChI=1S/C13H17NO4/c1-9-5-3-4-6-11(9)12(15)14-7-8-18-10(2)13(16)17/h3-6,10H,7-8H2,1-2H3,(H,14,15)(H,16,17). The molecule has 5 nitrogen and oxygen atoms in total. The van der Waals surface area contributed by atoms with E-state index in [0.29, 0.717) is 5.56 Å². The Labute approximate surface area is 106 Å². The van der Waals surface area contributed by atoms with E-state index in [1.807, 2.05) is 19.1 Å². The Bertz CT molecular complexity index is 431. The van der Waals surface area contributed by atoms with Gasteiger partial charge in [0.05, 0.1) is 6.61 Å². The van der Waals surface area contributed by atoms with Gasteiger partial charge in [-0.15, -0.1) is 0 Å². The number of amides is 1. The number of carbonyl (C=O) groups excluding carboxylic acids is 1. The molecule has 0 spiro atoms. The summed E-state index contributed by atoms with van der Waals surface area (Å²) in [4.78, 5) is 22.2. The third-order valence-corrected chi connectivity index (χ3v) is 2.49. The zero-order chi connectivity index (χ0) is 13.5. The lowest BCUT2D eigenvalue weighted by Gasteiger charge is -2.10. The van der Waals surface area contributed by atoms with Crippen molar-refractivity contribution >= 4 is 11.9 Å². The average Bonchev–Trinajstić information content (AvgIpc) is 2.34. The molecule has 1 atom stereocenters. The Hall–Kier alpha value is -1.88. The van der Waals surface area contributed by atoms with Gasteiger partial charge in [-0.2, -0.15) is 0 Å². The molecule has 1 aromatic carbocycles. The minimum atomic E-state index is -1.01. The second-order valence-electron chi connectivity index (χ2n) is 3.92. The van der Waals surface area contributed by atoms with Crippen LogP contribution in [0.5, 0.6) is 0 Å². The van der Waals surface area contributed by atoms with Gasteiger partial charge in [0.1, 0.15) is 0 Å². The minimum absolute atomic E-state index is 0.172. The third-order valence-electron chi connectivity index (χ3n) is 2.49. The first-order valence-corrected chi connectivity index (χ1v) is 5.70. The molecule has 1 aromatic rings. The quantitative estimate of drug-likeness (QED) is 0.745. The topological polar surface area (TPSA) is 75.6 Å². The van der Waals surface area contributed by atoms with Crippen LogP contribution in [-0.4, -0.2) is 36.2 Å². The van der Waals surface area contributed by atoms with E-state index in [9.17, 15) is 9.59 Å². The van der Waals surface area contributed by atoms with Crippen LogP contribution in [0.25, 0.3) is 0 Å². The van der Waals surface area contributed by atoms with Crippen LogP contribution in [0.15, 0.2) is 24.3 Å². The molecule has 0 aromatic heterocycles. The number of ether oxygens (including phenoxy) is 1. The van der Waals surface area contributed by atoms with E-state index in [0.717, 1.165) is 5.56 Å². The highest BCUT2D eigenvalue weighted by molar-refractivity contribution is 5.95. The first kappa shape index (κ1) is 14.2. The van der Waals surface area contributed by atoms with Crippen molar-refractivity contribution in [2.75, 3.05) is 13.2 Å². The first-order valence-electron chi connectivity index (χ1n) is 5.70. The second kappa shape index (κ2) is 6.76. The fourth-order valence-electron chi connectivity index (χ4n) is 1.39. The zero-order valence-electron chi connectivity index (χ0n) is 10.5. The fourth-order valence-corrected chi connectivity index (χ4v) is 1.39. The van der Waals surface area contributed by atoms with Crippen LogP contribution in [-0.2, 0) is 9.53 Å². The van der Waals surface area contributed by atoms with E-state index >= 15 is 0 Å². The van der Waals surface area contributed by atoms with E-state index in [1.165, 1.54) is 6.92 Å². The van der Waals surface area contributed by atoms with Crippen molar-refractivity contribution in [2.24, 2.45) is 0 Å². The van der Waals surface area contributed by atoms with Gasteiger partial charge in [-0.3, -0.25) is 4.79 Å². The Balaban J connectivity index is 2.34. The van der Waals surface area contributed by atoms with Crippen molar-refractivity contribution < 1.29 is 19.4 Å². The maximum atomic E-state index is 11.8. The lowest BCUT2D eigenvalue weighted by Crippen LogP contribution is -2.30. The SMILES string of the molecule is Cc1ccccc1C(=O)NCCOC(C)C(=O)O. The highest BCUT2D eigenvalue weighted by Crippen LogP contribution is 2.06. The predicted molar refractivity (Wildman–Crippen MR) is 66.6 cm³/mol. The van der Waals surface area contributed by atoms with Crippen molar-refractivity contribution in [3.8, 4) is 0 Å². The van der Waals surface area contributed by atoms with Crippen molar-refractivity contribution in [1.29, 1.82) is 0 Å². The number of carboxylic acids is 1. The molecule has 0 heterocycles. The Morgan fingerprint density at radius 2 is 2.06 bits per heavy atom. The number of carbonyl (C=O) groups is 2. The Morgan fingerprint density at radius 1 is 1.39 bits per heavy atom. The van der Waals surface area contributed by atoms with Crippen LogP contribution >= 0.6 is 0 Å². The van der Waals surface area contributed by atoms with E-state index in [2.05, 4.69) is 5.32 Å². The van der Waals surface area contributed by atoms with Crippen molar-refractivity contribution in [3.63, 3.8) is 0 Å².